The molecule has 0 amide bonds. The number of pyridine rings is 1. The summed E-state index contributed by atoms with van der Waals surface area (Å²) in [6, 6.07) is 3.50. The Morgan fingerprint density at radius 1 is 1.67 bits per heavy atom. The zero-order valence-corrected chi connectivity index (χ0v) is 7.03. The number of rotatable bonds is 3. The van der Waals surface area contributed by atoms with E-state index in [4.69, 9.17) is 10.5 Å². The maximum atomic E-state index is 5.69. The van der Waals surface area contributed by atoms with Gasteiger partial charge in [0.05, 0.1) is 7.11 Å². The maximum Gasteiger partial charge on any atom is 0.212 e. The Balaban J connectivity index is 2.84. The third kappa shape index (κ3) is 1.83. The van der Waals surface area contributed by atoms with E-state index in [1.165, 1.54) is 0 Å². The first kappa shape index (κ1) is 8.74. The second-order valence-electron chi connectivity index (χ2n) is 2.40. The topological polar surface area (TPSA) is 48.1 Å². The number of ether oxygens (including phenoxy) is 1. The van der Waals surface area contributed by atoms with E-state index in [1.807, 2.05) is 6.07 Å². The van der Waals surface area contributed by atoms with E-state index >= 15 is 0 Å². The van der Waals surface area contributed by atoms with Crippen molar-refractivity contribution in [3.05, 3.63) is 36.5 Å². The normalized spacial score (nSPS) is 12.2. The second-order valence-corrected chi connectivity index (χ2v) is 2.40. The molecule has 0 saturated heterocycles. The molecule has 12 heavy (non-hydrogen) atoms. The van der Waals surface area contributed by atoms with Crippen LogP contribution in [0.25, 0.3) is 0 Å². The zero-order chi connectivity index (χ0) is 8.97. The fraction of sp³-hybridized carbons (Fsp3) is 0.222. The highest BCUT2D eigenvalue weighted by Gasteiger charge is 2.00. The van der Waals surface area contributed by atoms with Crippen molar-refractivity contribution in [2.75, 3.05) is 7.11 Å². The van der Waals surface area contributed by atoms with Gasteiger partial charge >= 0.3 is 0 Å². The fourth-order valence-electron chi connectivity index (χ4n) is 0.846. The van der Waals surface area contributed by atoms with Gasteiger partial charge in [0.25, 0.3) is 0 Å². The monoisotopic (exact) mass is 164 g/mol. The summed E-state index contributed by atoms with van der Waals surface area (Å²) in [5.41, 5.74) is 6.62. The van der Waals surface area contributed by atoms with Crippen molar-refractivity contribution in [1.29, 1.82) is 0 Å². The molecule has 0 fully saturated rings. The average Bonchev–Trinajstić information content (AvgIpc) is 2.17. The predicted molar refractivity (Wildman–Crippen MR) is 47.9 cm³/mol. The lowest BCUT2D eigenvalue weighted by Gasteiger charge is -2.05. The molecule has 0 aliphatic rings. The van der Waals surface area contributed by atoms with Gasteiger partial charge in [-0.1, -0.05) is 12.1 Å². The molecular formula is C9H12N2O. The number of aromatic nitrogens is 1. The van der Waals surface area contributed by atoms with Gasteiger partial charge in [0.2, 0.25) is 5.88 Å². The van der Waals surface area contributed by atoms with E-state index in [2.05, 4.69) is 11.6 Å². The SMILES string of the molecule is C=C[C@H](N)c1ccc(OC)nc1. The molecule has 64 valence electrons. The van der Waals surface area contributed by atoms with Crippen LogP contribution in [0.3, 0.4) is 0 Å². The third-order valence-corrected chi connectivity index (χ3v) is 1.61. The molecule has 0 spiro atoms. The van der Waals surface area contributed by atoms with Crippen LogP contribution in [0.1, 0.15) is 11.6 Å². The minimum Gasteiger partial charge on any atom is -0.481 e. The fourth-order valence-corrected chi connectivity index (χ4v) is 0.846. The van der Waals surface area contributed by atoms with Gasteiger partial charge in [-0.25, -0.2) is 4.98 Å². The molecule has 1 atom stereocenters. The molecule has 0 aromatic carbocycles. The molecule has 0 unspecified atom stereocenters. The van der Waals surface area contributed by atoms with Crippen LogP contribution in [-0.4, -0.2) is 12.1 Å². The van der Waals surface area contributed by atoms with Crippen LogP contribution < -0.4 is 10.5 Å². The van der Waals surface area contributed by atoms with Crippen molar-refractivity contribution < 1.29 is 4.74 Å². The summed E-state index contributed by atoms with van der Waals surface area (Å²) in [7, 11) is 1.58. The summed E-state index contributed by atoms with van der Waals surface area (Å²) in [6.07, 6.45) is 3.36. The number of methoxy groups -OCH3 is 1. The number of hydrogen-bond acceptors (Lipinski definition) is 3. The Labute approximate surface area is 71.9 Å². The lowest BCUT2D eigenvalue weighted by molar-refractivity contribution is 0.397. The molecule has 1 rings (SSSR count). The van der Waals surface area contributed by atoms with Gasteiger partial charge in [0.1, 0.15) is 0 Å². The quantitative estimate of drug-likeness (QED) is 0.684. The van der Waals surface area contributed by atoms with Crippen molar-refractivity contribution in [3.8, 4) is 5.88 Å². The minimum atomic E-state index is -0.150. The number of nitrogens with zero attached hydrogens (tertiary/aromatic N) is 1. The molecule has 2 N–H and O–H groups in total. The van der Waals surface area contributed by atoms with E-state index in [-0.39, 0.29) is 6.04 Å². The van der Waals surface area contributed by atoms with Crippen LogP contribution >= 0.6 is 0 Å². The smallest absolute Gasteiger partial charge is 0.212 e. The van der Waals surface area contributed by atoms with E-state index in [9.17, 15) is 0 Å². The predicted octanol–water partition coefficient (Wildman–Crippen LogP) is 1.28. The van der Waals surface area contributed by atoms with Gasteiger partial charge < -0.3 is 10.5 Å². The highest BCUT2D eigenvalue weighted by molar-refractivity contribution is 5.22. The summed E-state index contributed by atoms with van der Waals surface area (Å²) < 4.78 is 4.90. The summed E-state index contributed by atoms with van der Waals surface area (Å²) in [4.78, 5) is 4.02. The van der Waals surface area contributed by atoms with Crippen LogP contribution in [0.15, 0.2) is 31.0 Å². The molecule has 0 radical (unpaired) electrons. The van der Waals surface area contributed by atoms with Crippen LogP contribution in [0.2, 0.25) is 0 Å². The summed E-state index contributed by atoms with van der Waals surface area (Å²) in [6.45, 7) is 3.60. The largest absolute Gasteiger partial charge is 0.481 e. The Bertz CT molecular complexity index is 256. The Hall–Kier alpha value is -1.35. The van der Waals surface area contributed by atoms with E-state index in [0.717, 1.165) is 5.56 Å². The molecule has 1 aromatic heterocycles. The minimum absolute atomic E-state index is 0.150. The first-order valence-corrected chi connectivity index (χ1v) is 3.66. The van der Waals surface area contributed by atoms with Gasteiger partial charge in [-0.2, -0.15) is 0 Å². The van der Waals surface area contributed by atoms with E-state index < -0.39 is 0 Å². The highest BCUT2D eigenvalue weighted by atomic mass is 16.5. The van der Waals surface area contributed by atoms with Crippen molar-refractivity contribution in [2.24, 2.45) is 5.73 Å². The molecule has 0 saturated carbocycles. The Morgan fingerprint density at radius 3 is 2.83 bits per heavy atom. The molecular weight excluding hydrogens is 152 g/mol. The van der Waals surface area contributed by atoms with Gasteiger partial charge in [-0.3, -0.25) is 0 Å². The molecule has 1 heterocycles. The standard InChI is InChI=1S/C9H12N2O/c1-3-8(10)7-4-5-9(12-2)11-6-7/h3-6,8H,1,10H2,2H3/t8-/m0/s1. The van der Waals surface area contributed by atoms with Gasteiger partial charge in [-0.05, 0) is 5.56 Å². The van der Waals surface area contributed by atoms with Crippen LogP contribution in [0.5, 0.6) is 5.88 Å². The Morgan fingerprint density at radius 2 is 2.42 bits per heavy atom. The van der Waals surface area contributed by atoms with E-state index in [0.29, 0.717) is 5.88 Å². The van der Waals surface area contributed by atoms with Crippen LogP contribution in [0, 0.1) is 0 Å². The molecule has 0 aliphatic heterocycles. The van der Waals surface area contributed by atoms with Gasteiger partial charge in [-0.15, -0.1) is 6.58 Å². The molecule has 3 heteroatoms. The van der Waals surface area contributed by atoms with Crippen molar-refractivity contribution in [2.45, 2.75) is 6.04 Å². The van der Waals surface area contributed by atoms with Crippen molar-refractivity contribution in [1.82, 2.24) is 4.98 Å². The summed E-state index contributed by atoms with van der Waals surface area (Å²) >= 11 is 0. The average molecular weight is 164 g/mol. The first-order chi connectivity index (χ1) is 5.77. The highest BCUT2D eigenvalue weighted by Crippen LogP contribution is 2.12. The lowest BCUT2D eigenvalue weighted by atomic mass is 10.1. The molecule has 1 aromatic rings. The third-order valence-electron chi connectivity index (χ3n) is 1.61. The van der Waals surface area contributed by atoms with Gasteiger partial charge in [0, 0.05) is 18.3 Å². The number of hydrogen-bond donors (Lipinski definition) is 1. The number of nitrogens with two attached hydrogens (primary N) is 1. The van der Waals surface area contributed by atoms with Gasteiger partial charge in [0.15, 0.2) is 0 Å². The lowest BCUT2D eigenvalue weighted by Crippen LogP contribution is -2.06. The van der Waals surface area contributed by atoms with Crippen molar-refractivity contribution in [3.63, 3.8) is 0 Å². The van der Waals surface area contributed by atoms with E-state index in [1.54, 1.807) is 25.4 Å². The summed E-state index contributed by atoms with van der Waals surface area (Å²) in [5, 5.41) is 0. The molecule has 3 nitrogen and oxygen atoms in total. The summed E-state index contributed by atoms with van der Waals surface area (Å²) in [5.74, 6) is 0.593. The second kappa shape index (κ2) is 3.88. The maximum absolute atomic E-state index is 5.69. The van der Waals surface area contributed by atoms with Crippen LogP contribution in [0.4, 0.5) is 0 Å². The zero-order valence-electron chi connectivity index (χ0n) is 7.03. The molecule has 0 aliphatic carbocycles. The van der Waals surface area contributed by atoms with Crippen molar-refractivity contribution >= 4 is 0 Å². The van der Waals surface area contributed by atoms with Crippen LogP contribution in [-0.2, 0) is 0 Å². The molecule has 0 bridgehead atoms. The Kier molecular flexibility index (Phi) is 2.82. The first-order valence-electron chi connectivity index (χ1n) is 3.66.